The molecule has 1 aromatic heterocycles. The van der Waals surface area contributed by atoms with Gasteiger partial charge < -0.3 is 10.6 Å². The maximum Gasteiger partial charge on any atom is 0.0794 e. The Kier molecular flexibility index (Phi) is 4.11. The maximum atomic E-state index is 4.06. The molecule has 0 radical (unpaired) electrons. The second-order valence-corrected chi connectivity index (χ2v) is 5.35. The molecule has 1 aliphatic heterocycles. The monoisotopic (exact) mass is 225 g/mol. The fraction of sp³-hybridized carbons (Fsp3) is 0.727. The summed E-state index contributed by atoms with van der Waals surface area (Å²) in [7, 11) is 0. The Morgan fingerprint density at radius 3 is 3.33 bits per heavy atom. The summed E-state index contributed by atoms with van der Waals surface area (Å²) in [6, 6.07) is 0.654. The minimum absolute atomic E-state index is 0.654. The molecule has 84 valence electrons. The molecule has 1 aliphatic rings. The van der Waals surface area contributed by atoms with E-state index in [0.29, 0.717) is 6.04 Å². The van der Waals surface area contributed by atoms with Crippen molar-refractivity contribution in [3.8, 4) is 0 Å². The first-order chi connectivity index (χ1) is 7.34. The van der Waals surface area contributed by atoms with E-state index in [4.69, 9.17) is 0 Å². The predicted molar refractivity (Wildman–Crippen MR) is 64.0 cm³/mol. The summed E-state index contributed by atoms with van der Waals surface area (Å²) in [4.78, 5) is 5.38. The van der Waals surface area contributed by atoms with E-state index in [2.05, 4.69) is 22.5 Å². The molecule has 2 atom stereocenters. The highest BCUT2D eigenvalue weighted by Gasteiger charge is 2.17. The number of rotatable bonds is 4. The van der Waals surface area contributed by atoms with Gasteiger partial charge in [0.15, 0.2) is 0 Å². The Labute approximate surface area is 95.3 Å². The zero-order chi connectivity index (χ0) is 10.5. The minimum atomic E-state index is 0.654. The van der Waals surface area contributed by atoms with Crippen molar-refractivity contribution in [2.75, 3.05) is 13.1 Å². The highest BCUT2D eigenvalue weighted by atomic mass is 32.1. The molecule has 0 bridgehead atoms. The molecule has 3 nitrogen and oxygen atoms in total. The number of nitrogens with zero attached hydrogens (tertiary/aromatic N) is 1. The molecule has 4 heteroatoms. The predicted octanol–water partition coefficient (Wildman–Crippen LogP) is 1.62. The Morgan fingerprint density at radius 1 is 1.67 bits per heavy atom. The Balaban J connectivity index is 1.65. The normalized spacial score (nSPS) is 26.7. The minimum Gasteiger partial charge on any atom is -0.313 e. The first-order valence-corrected chi connectivity index (χ1v) is 6.54. The summed E-state index contributed by atoms with van der Waals surface area (Å²) in [6.45, 7) is 5.55. The molecule has 0 aliphatic carbocycles. The van der Waals surface area contributed by atoms with Crippen LogP contribution in [0.5, 0.6) is 0 Å². The van der Waals surface area contributed by atoms with Crippen molar-refractivity contribution in [2.45, 2.75) is 32.4 Å². The average Bonchev–Trinajstić information content (AvgIpc) is 2.71. The van der Waals surface area contributed by atoms with E-state index in [9.17, 15) is 0 Å². The first kappa shape index (κ1) is 11.0. The molecule has 0 saturated carbocycles. The Morgan fingerprint density at radius 2 is 2.60 bits per heavy atom. The molecular formula is C11H19N3S. The van der Waals surface area contributed by atoms with Crippen LogP contribution in [0.3, 0.4) is 0 Å². The highest BCUT2D eigenvalue weighted by molar-refractivity contribution is 7.09. The molecule has 0 amide bonds. The van der Waals surface area contributed by atoms with E-state index in [-0.39, 0.29) is 0 Å². The van der Waals surface area contributed by atoms with Gasteiger partial charge in [-0.05, 0) is 25.3 Å². The summed E-state index contributed by atoms with van der Waals surface area (Å²) < 4.78 is 0. The molecule has 1 saturated heterocycles. The van der Waals surface area contributed by atoms with Crippen LogP contribution in [0, 0.1) is 5.92 Å². The van der Waals surface area contributed by atoms with Gasteiger partial charge in [0, 0.05) is 30.2 Å². The van der Waals surface area contributed by atoms with Gasteiger partial charge in [0.1, 0.15) is 0 Å². The number of piperidine rings is 1. The van der Waals surface area contributed by atoms with Crippen LogP contribution in [0.15, 0.2) is 11.7 Å². The van der Waals surface area contributed by atoms with Crippen LogP contribution in [0.2, 0.25) is 0 Å². The second-order valence-electron chi connectivity index (χ2n) is 4.38. The third-order valence-electron chi connectivity index (χ3n) is 2.93. The van der Waals surface area contributed by atoms with Gasteiger partial charge in [-0.2, -0.15) is 0 Å². The molecule has 2 unspecified atom stereocenters. The van der Waals surface area contributed by atoms with Crippen LogP contribution in [0.4, 0.5) is 0 Å². The van der Waals surface area contributed by atoms with E-state index in [1.54, 1.807) is 11.3 Å². The van der Waals surface area contributed by atoms with Crippen molar-refractivity contribution in [2.24, 2.45) is 5.92 Å². The van der Waals surface area contributed by atoms with E-state index in [0.717, 1.165) is 19.0 Å². The van der Waals surface area contributed by atoms with E-state index in [1.165, 1.54) is 24.3 Å². The molecule has 0 aromatic carbocycles. The fourth-order valence-electron chi connectivity index (χ4n) is 2.08. The van der Waals surface area contributed by atoms with Crippen LogP contribution in [0.25, 0.3) is 0 Å². The van der Waals surface area contributed by atoms with Gasteiger partial charge in [-0.3, -0.25) is 4.98 Å². The number of thiazole rings is 1. The van der Waals surface area contributed by atoms with Gasteiger partial charge in [-0.15, -0.1) is 11.3 Å². The van der Waals surface area contributed by atoms with Gasteiger partial charge in [-0.25, -0.2) is 0 Å². The summed E-state index contributed by atoms with van der Waals surface area (Å²) in [6.07, 6.45) is 4.57. The number of hydrogen-bond donors (Lipinski definition) is 2. The molecule has 2 rings (SSSR count). The third-order valence-corrected chi connectivity index (χ3v) is 3.71. The van der Waals surface area contributed by atoms with Crippen LogP contribution < -0.4 is 10.6 Å². The van der Waals surface area contributed by atoms with Gasteiger partial charge in [0.2, 0.25) is 0 Å². The van der Waals surface area contributed by atoms with Crippen molar-refractivity contribution in [1.82, 2.24) is 15.6 Å². The largest absolute Gasteiger partial charge is 0.313 e. The summed E-state index contributed by atoms with van der Waals surface area (Å²) in [5, 5.41) is 7.04. The zero-order valence-electron chi connectivity index (χ0n) is 9.20. The molecule has 2 N–H and O–H groups in total. The fourth-order valence-corrected chi connectivity index (χ4v) is 2.64. The first-order valence-electron chi connectivity index (χ1n) is 5.66. The molecular weight excluding hydrogens is 206 g/mol. The molecule has 1 fully saturated rings. The number of aromatic nitrogens is 1. The van der Waals surface area contributed by atoms with E-state index < -0.39 is 0 Å². The maximum absolute atomic E-state index is 4.06. The number of nitrogens with one attached hydrogen (secondary N) is 2. The molecule has 15 heavy (non-hydrogen) atoms. The van der Waals surface area contributed by atoms with Crippen LogP contribution in [-0.4, -0.2) is 24.1 Å². The Hall–Kier alpha value is -0.450. The Bertz CT molecular complexity index is 273. The number of hydrogen-bond acceptors (Lipinski definition) is 4. The summed E-state index contributed by atoms with van der Waals surface area (Å²) in [5.74, 6) is 0.876. The molecule has 2 heterocycles. The van der Waals surface area contributed by atoms with Gasteiger partial charge in [0.05, 0.1) is 5.51 Å². The molecule has 1 aromatic rings. The average molecular weight is 225 g/mol. The SMILES string of the molecule is CC1CCNC(CNCc2cncs2)C1. The van der Waals surface area contributed by atoms with Crippen LogP contribution in [-0.2, 0) is 6.54 Å². The lowest BCUT2D eigenvalue weighted by atomic mass is 9.94. The van der Waals surface area contributed by atoms with Gasteiger partial charge >= 0.3 is 0 Å². The highest BCUT2D eigenvalue weighted by Crippen LogP contribution is 2.14. The zero-order valence-corrected chi connectivity index (χ0v) is 10.0. The topological polar surface area (TPSA) is 37.0 Å². The van der Waals surface area contributed by atoms with Crippen molar-refractivity contribution in [1.29, 1.82) is 0 Å². The van der Waals surface area contributed by atoms with Gasteiger partial charge in [-0.1, -0.05) is 6.92 Å². The van der Waals surface area contributed by atoms with E-state index >= 15 is 0 Å². The van der Waals surface area contributed by atoms with Gasteiger partial charge in [0.25, 0.3) is 0 Å². The van der Waals surface area contributed by atoms with Crippen molar-refractivity contribution < 1.29 is 0 Å². The summed E-state index contributed by atoms with van der Waals surface area (Å²) in [5.41, 5.74) is 1.89. The third kappa shape index (κ3) is 3.55. The quantitative estimate of drug-likeness (QED) is 0.817. The smallest absolute Gasteiger partial charge is 0.0794 e. The second kappa shape index (κ2) is 5.58. The van der Waals surface area contributed by atoms with Crippen LogP contribution >= 0.6 is 11.3 Å². The lowest BCUT2D eigenvalue weighted by molar-refractivity contribution is 0.311. The van der Waals surface area contributed by atoms with Crippen molar-refractivity contribution >= 4 is 11.3 Å². The van der Waals surface area contributed by atoms with Crippen molar-refractivity contribution in [3.05, 3.63) is 16.6 Å². The van der Waals surface area contributed by atoms with Crippen LogP contribution in [0.1, 0.15) is 24.6 Å². The molecule has 0 spiro atoms. The van der Waals surface area contributed by atoms with E-state index in [1.807, 2.05) is 11.7 Å². The lowest BCUT2D eigenvalue weighted by Gasteiger charge is -2.28. The van der Waals surface area contributed by atoms with Crippen molar-refractivity contribution in [3.63, 3.8) is 0 Å². The summed E-state index contributed by atoms with van der Waals surface area (Å²) >= 11 is 1.72. The standard InChI is InChI=1S/C11H19N3S/c1-9-2-3-14-10(4-9)5-12-6-11-7-13-8-15-11/h7-10,12,14H,2-6H2,1H3. The lowest BCUT2D eigenvalue weighted by Crippen LogP contribution is -2.43.